The van der Waals surface area contributed by atoms with Crippen molar-refractivity contribution < 1.29 is 14.3 Å². The summed E-state index contributed by atoms with van der Waals surface area (Å²) in [5, 5.41) is 0. The molecule has 0 aliphatic rings. The molecule has 1 rings (SSSR count). The van der Waals surface area contributed by atoms with Crippen LogP contribution in [0, 0.1) is 5.92 Å². The van der Waals surface area contributed by atoms with Gasteiger partial charge in [-0.25, -0.2) is 0 Å². The van der Waals surface area contributed by atoms with Crippen molar-refractivity contribution in [3.8, 4) is 5.75 Å². The Hall–Kier alpha value is -1.00. The maximum absolute atomic E-state index is 10.6. The van der Waals surface area contributed by atoms with Crippen LogP contribution in [0.2, 0.25) is 0 Å². The number of carbonyl (C=O) groups excluding carboxylic acids is 1. The van der Waals surface area contributed by atoms with Gasteiger partial charge in [0, 0.05) is 23.7 Å². The molecule has 1 aromatic carbocycles. The van der Waals surface area contributed by atoms with E-state index in [1.807, 2.05) is 19.1 Å². The van der Waals surface area contributed by atoms with Gasteiger partial charge >= 0.3 is 0 Å². The number of aryl methyl sites for hydroxylation is 1. The van der Waals surface area contributed by atoms with Crippen molar-refractivity contribution in [3.05, 3.63) is 23.8 Å². The predicted octanol–water partition coefficient (Wildman–Crippen LogP) is 3.16. The van der Waals surface area contributed by atoms with Gasteiger partial charge in [0.1, 0.15) is 12.0 Å². The van der Waals surface area contributed by atoms with Crippen LogP contribution >= 0.6 is 11.8 Å². The Labute approximate surface area is 113 Å². The molecule has 0 bridgehead atoms. The van der Waals surface area contributed by atoms with Crippen LogP contribution < -0.4 is 4.74 Å². The van der Waals surface area contributed by atoms with Gasteiger partial charge in [-0.1, -0.05) is 26.0 Å². The number of methoxy groups -OCH3 is 1. The minimum Gasteiger partial charge on any atom is -0.466 e. The third kappa shape index (κ3) is 4.35. The van der Waals surface area contributed by atoms with Crippen LogP contribution in [0.25, 0.3) is 0 Å². The van der Waals surface area contributed by atoms with Gasteiger partial charge in [-0.05, 0) is 18.1 Å². The van der Waals surface area contributed by atoms with Gasteiger partial charge < -0.3 is 14.3 Å². The second-order valence-electron chi connectivity index (χ2n) is 4.07. The summed E-state index contributed by atoms with van der Waals surface area (Å²) in [6.45, 7) is 4.25. The number of rotatable bonds is 8. The molecule has 0 spiro atoms. The van der Waals surface area contributed by atoms with Crippen LogP contribution in [0.1, 0.15) is 19.4 Å². The summed E-state index contributed by atoms with van der Waals surface area (Å²) >= 11 is 1.65. The molecular weight excluding hydrogens is 248 g/mol. The Morgan fingerprint density at radius 1 is 1.44 bits per heavy atom. The molecule has 18 heavy (non-hydrogen) atoms. The largest absolute Gasteiger partial charge is 0.466 e. The molecule has 0 aromatic heterocycles. The molecule has 0 saturated heterocycles. The molecule has 0 fully saturated rings. The number of aldehydes is 1. The lowest BCUT2D eigenvalue weighted by molar-refractivity contribution is -0.110. The van der Waals surface area contributed by atoms with Crippen LogP contribution in [0.4, 0.5) is 0 Å². The van der Waals surface area contributed by atoms with E-state index in [1.54, 1.807) is 18.9 Å². The zero-order valence-electron chi connectivity index (χ0n) is 11.1. The number of ether oxygens (including phenoxy) is 2. The fraction of sp³-hybridized carbons (Fsp3) is 0.500. The first-order valence-corrected chi connectivity index (χ1v) is 7.03. The van der Waals surface area contributed by atoms with E-state index in [2.05, 4.69) is 13.0 Å². The van der Waals surface area contributed by atoms with Crippen LogP contribution in [0.5, 0.6) is 5.75 Å². The Bertz CT molecular complexity index is 379. The highest BCUT2D eigenvalue weighted by Gasteiger charge is 2.10. The van der Waals surface area contributed by atoms with Gasteiger partial charge in [0.25, 0.3) is 0 Å². The van der Waals surface area contributed by atoms with Gasteiger partial charge in [-0.3, -0.25) is 0 Å². The lowest BCUT2D eigenvalue weighted by atomic mass is 10.1. The number of benzene rings is 1. The summed E-state index contributed by atoms with van der Waals surface area (Å²) in [4.78, 5) is 11.7. The predicted molar refractivity (Wildman–Crippen MR) is 74.3 cm³/mol. The lowest BCUT2D eigenvalue weighted by Crippen LogP contribution is -2.04. The molecule has 0 N–H and O–H groups in total. The molecule has 0 aliphatic heterocycles. The van der Waals surface area contributed by atoms with Crippen molar-refractivity contribution in [2.24, 2.45) is 5.92 Å². The fourth-order valence-electron chi connectivity index (χ4n) is 1.50. The van der Waals surface area contributed by atoms with E-state index < -0.39 is 0 Å². The minimum absolute atomic E-state index is 0.0514. The number of para-hydroxylation sites is 1. The third-order valence-corrected chi connectivity index (χ3v) is 3.82. The van der Waals surface area contributed by atoms with E-state index in [1.165, 1.54) is 0 Å². The topological polar surface area (TPSA) is 35.5 Å². The molecule has 1 atom stereocenters. The molecule has 3 nitrogen and oxygen atoms in total. The average molecular weight is 268 g/mol. The molecular formula is C14H20O3S. The summed E-state index contributed by atoms with van der Waals surface area (Å²) in [6, 6.07) is 6.09. The molecule has 0 radical (unpaired) electrons. The van der Waals surface area contributed by atoms with E-state index in [-0.39, 0.29) is 12.7 Å². The molecule has 0 heterocycles. The monoisotopic (exact) mass is 268 g/mol. The summed E-state index contributed by atoms with van der Waals surface area (Å²) < 4.78 is 10.6. The van der Waals surface area contributed by atoms with Crippen molar-refractivity contribution in [2.45, 2.75) is 25.2 Å². The number of thioether (sulfide) groups is 1. The summed E-state index contributed by atoms with van der Waals surface area (Å²) in [5.41, 5.74) is 1.16. The third-order valence-electron chi connectivity index (χ3n) is 2.50. The Morgan fingerprint density at radius 2 is 2.22 bits per heavy atom. The summed E-state index contributed by atoms with van der Waals surface area (Å²) in [7, 11) is 1.61. The van der Waals surface area contributed by atoms with E-state index in [0.29, 0.717) is 0 Å². The van der Waals surface area contributed by atoms with E-state index in [9.17, 15) is 4.79 Å². The molecule has 0 aliphatic carbocycles. The van der Waals surface area contributed by atoms with Crippen molar-refractivity contribution in [1.82, 2.24) is 0 Å². The smallest absolute Gasteiger partial charge is 0.188 e. The quantitative estimate of drug-likeness (QED) is 0.412. The normalized spacial score (nSPS) is 12.2. The first-order chi connectivity index (χ1) is 8.72. The molecule has 1 aromatic rings. The van der Waals surface area contributed by atoms with Gasteiger partial charge in [-0.15, -0.1) is 11.8 Å². The van der Waals surface area contributed by atoms with Gasteiger partial charge in [0.05, 0.1) is 0 Å². The lowest BCUT2D eigenvalue weighted by Gasteiger charge is -2.14. The Balaban J connectivity index is 2.83. The highest BCUT2D eigenvalue weighted by atomic mass is 32.2. The van der Waals surface area contributed by atoms with Crippen molar-refractivity contribution in [3.63, 3.8) is 0 Å². The molecule has 100 valence electrons. The second-order valence-corrected chi connectivity index (χ2v) is 5.14. The Morgan fingerprint density at radius 3 is 2.83 bits per heavy atom. The van der Waals surface area contributed by atoms with Gasteiger partial charge in [0.15, 0.2) is 6.79 Å². The standard InChI is InChI=1S/C14H20O3S/c1-4-12-6-5-7-13(14(12)17-10-16-3)18-9-11(2)8-15/h5-8,11H,4,9-10H2,1-3H3. The molecule has 0 saturated carbocycles. The number of hydrogen-bond donors (Lipinski definition) is 0. The SMILES string of the molecule is CCc1cccc(SCC(C)C=O)c1OCOC. The molecule has 4 heteroatoms. The zero-order valence-corrected chi connectivity index (χ0v) is 12.0. The summed E-state index contributed by atoms with van der Waals surface area (Å²) in [6.07, 6.45) is 1.89. The number of hydrogen-bond acceptors (Lipinski definition) is 4. The Kier molecular flexibility index (Phi) is 6.83. The highest BCUT2D eigenvalue weighted by molar-refractivity contribution is 7.99. The molecule has 1 unspecified atom stereocenters. The van der Waals surface area contributed by atoms with Crippen molar-refractivity contribution in [1.29, 1.82) is 0 Å². The zero-order chi connectivity index (χ0) is 13.4. The van der Waals surface area contributed by atoms with Crippen LogP contribution in [-0.4, -0.2) is 25.9 Å². The minimum atomic E-state index is 0.0514. The maximum Gasteiger partial charge on any atom is 0.188 e. The van der Waals surface area contributed by atoms with Crippen LogP contribution in [0.15, 0.2) is 23.1 Å². The maximum atomic E-state index is 10.6. The van der Waals surface area contributed by atoms with Gasteiger partial charge in [0.2, 0.25) is 0 Å². The highest BCUT2D eigenvalue weighted by Crippen LogP contribution is 2.33. The van der Waals surface area contributed by atoms with Gasteiger partial charge in [-0.2, -0.15) is 0 Å². The second kappa shape index (κ2) is 8.16. The average Bonchev–Trinajstić information content (AvgIpc) is 2.42. The first-order valence-electron chi connectivity index (χ1n) is 6.04. The van der Waals surface area contributed by atoms with E-state index >= 15 is 0 Å². The van der Waals surface area contributed by atoms with Crippen molar-refractivity contribution in [2.75, 3.05) is 19.7 Å². The van der Waals surface area contributed by atoms with Crippen LogP contribution in [-0.2, 0) is 16.0 Å². The molecule has 0 amide bonds. The number of carbonyl (C=O) groups is 1. The van der Waals surface area contributed by atoms with E-state index in [0.717, 1.165) is 34.7 Å². The fourth-order valence-corrected chi connectivity index (χ4v) is 2.51. The van der Waals surface area contributed by atoms with Crippen LogP contribution in [0.3, 0.4) is 0 Å². The van der Waals surface area contributed by atoms with Crippen molar-refractivity contribution >= 4 is 18.0 Å². The van der Waals surface area contributed by atoms with E-state index in [4.69, 9.17) is 9.47 Å². The summed E-state index contributed by atoms with van der Waals surface area (Å²) in [5.74, 6) is 1.69. The first kappa shape index (κ1) is 15.1.